The largest absolute Gasteiger partial charge is 0.416 e. The Kier molecular flexibility index (Phi) is 6.76. The first-order valence-corrected chi connectivity index (χ1v) is 6.76. The maximum atomic E-state index is 12.6. The fourth-order valence-corrected chi connectivity index (χ4v) is 1.73. The van der Waals surface area contributed by atoms with E-state index in [-0.39, 0.29) is 31.1 Å². The summed E-state index contributed by atoms with van der Waals surface area (Å²) in [7, 11) is 1.71. The number of alkyl halides is 3. The molecule has 0 saturated carbocycles. The highest BCUT2D eigenvalue weighted by atomic mass is 19.4. The number of anilines is 1. The van der Waals surface area contributed by atoms with E-state index in [9.17, 15) is 28.1 Å². The molecule has 0 radical (unpaired) electrons. The van der Waals surface area contributed by atoms with Crippen molar-refractivity contribution in [3.8, 4) is 0 Å². The van der Waals surface area contributed by atoms with E-state index in [1.807, 2.05) is 0 Å². The van der Waals surface area contributed by atoms with Crippen molar-refractivity contribution in [2.24, 2.45) is 0 Å². The molecule has 0 aliphatic rings. The quantitative estimate of drug-likeness (QED) is 0.382. The number of amides is 1. The van der Waals surface area contributed by atoms with Gasteiger partial charge in [0.1, 0.15) is 5.69 Å². The number of halogens is 3. The number of nitro benzene ring substituents is 1. The zero-order chi connectivity index (χ0) is 17.5. The molecule has 1 aromatic carbocycles. The van der Waals surface area contributed by atoms with Gasteiger partial charge in [-0.05, 0) is 19.2 Å². The van der Waals surface area contributed by atoms with Crippen LogP contribution >= 0.6 is 0 Å². The van der Waals surface area contributed by atoms with Gasteiger partial charge in [0.15, 0.2) is 0 Å². The third kappa shape index (κ3) is 6.10. The van der Waals surface area contributed by atoms with Crippen LogP contribution in [0.1, 0.15) is 12.0 Å². The van der Waals surface area contributed by atoms with Gasteiger partial charge in [-0.1, -0.05) is 0 Å². The van der Waals surface area contributed by atoms with Crippen molar-refractivity contribution in [1.29, 1.82) is 0 Å². The SMILES string of the molecule is CNCCC(=O)NCCNc1ccc(C(F)(F)F)cc1[N+](=O)[O-]. The standard InChI is InChI=1S/C13H17F3N4O3/c1-17-5-4-12(21)19-7-6-18-10-3-2-9(13(14,15)16)8-11(10)20(22)23/h2-3,8,17-18H,4-7H2,1H3,(H,19,21). The lowest BCUT2D eigenvalue weighted by molar-refractivity contribution is -0.384. The Bertz CT molecular complexity index is 564. The Morgan fingerprint density at radius 2 is 1.96 bits per heavy atom. The van der Waals surface area contributed by atoms with E-state index in [2.05, 4.69) is 16.0 Å². The summed E-state index contributed by atoms with van der Waals surface area (Å²) in [6, 6.07) is 2.25. The average molecular weight is 334 g/mol. The van der Waals surface area contributed by atoms with Crippen molar-refractivity contribution in [3.05, 3.63) is 33.9 Å². The Labute approximate surface area is 130 Å². The van der Waals surface area contributed by atoms with E-state index in [1.165, 1.54) is 0 Å². The van der Waals surface area contributed by atoms with E-state index in [0.717, 1.165) is 12.1 Å². The molecule has 0 spiro atoms. The zero-order valence-corrected chi connectivity index (χ0v) is 12.4. The third-order valence-corrected chi connectivity index (χ3v) is 2.89. The van der Waals surface area contributed by atoms with Crippen LogP contribution in [0, 0.1) is 10.1 Å². The molecule has 0 saturated heterocycles. The highest BCUT2D eigenvalue weighted by Crippen LogP contribution is 2.34. The number of nitrogens with zero attached hydrogens (tertiary/aromatic N) is 1. The molecule has 0 fully saturated rings. The highest BCUT2D eigenvalue weighted by molar-refractivity contribution is 5.76. The van der Waals surface area contributed by atoms with Crippen molar-refractivity contribution in [3.63, 3.8) is 0 Å². The molecule has 0 aliphatic heterocycles. The van der Waals surface area contributed by atoms with Gasteiger partial charge in [0.25, 0.3) is 5.69 Å². The second kappa shape index (κ2) is 8.32. The monoisotopic (exact) mass is 334 g/mol. The van der Waals surface area contributed by atoms with Gasteiger partial charge in [0.2, 0.25) is 5.91 Å². The van der Waals surface area contributed by atoms with E-state index < -0.39 is 22.4 Å². The predicted molar refractivity (Wildman–Crippen MR) is 78.1 cm³/mol. The van der Waals surface area contributed by atoms with Crippen LogP contribution in [-0.2, 0) is 11.0 Å². The Morgan fingerprint density at radius 1 is 1.26 bits per heavy atom. The summed E-state index contributed by atoms with van der Waals surface area (Å²) in [5.74, 6) is -0.192. The molecule has 0 aromatic heterocycles. The van der Waals surface area contributed by atoms with Crippen LogP contribution in [-0.4, -0.2) is 37.5 Å². The van der Waals surface area contributed by atoms with Crippen molar-refractivity contribution in [2.75, 3.05) is 32.0 Å². The maximum Gasteiger partial charge on any atom is 0.416 e. The van der Waals surface area contributed by atoms with Gasteiger partial charge in [0.05, 0.1) is 10.5 Å². The molecule has 7 nitrogen and oxygen atoms in total. The van der Waals surface area contributed by atoms with Crippen molar-refractivity contribution in [2.45, 2.75) is 12.6 Å². The number of benzene rings is 1. The van der Waals surface area contributed by atoms with Gasteiger partial charge >= 0.3 is 6.18 Å². The van der Waals surface area contributed by atoms with E-state index >= 15 is 0 Å². The molecule has 1 amide bonds. The Balaban J connectivity index is 2.63. The molecule has 0 aliphatic carbocycles. The molecular weight excluding hydrogens is 317 g/mol. The second-order valence-electron chi connectivity index (χ2n) is 4.62. The molecule has 128 valence electrons. The number of carbonyl (C=O) groups is 1. The van der Waals surface area contributed by atoms with E-state index in [1.54, 1.807) is 7.05 Å². The normalized spacial score (nSPS) is 11.1. The second-order valence-corrected chi connectivity index (χ2v) is 4.62. The van der Waals surface area contributed by atoms with Crippen LogP contribution in [0.25, 0.3) is 0 Å². The van der Waals surface area contributed by atoms with E-state index in [0.29, 0.717) is 12.6 Å². The summed E-state index contributed by atoms with van der Waals surface area (Å²) in [6.45, 7) is 0.863. The predicted octanol–water partition coefficient (Wildman–Crippen LogP) is 1.75. The van der Waals surface area contributed by atoms with Crippen molar-refractivity contribution < 1.29 is 22.9 Å². The van der Waals surface area contributed by atoms with Gasteiger partial charge in [-0.2, -0.15) is 13.2 Å². The lowest BCUT2D eigenvalue weighted by Gasteiger charge is -2.11. The molecule has 0 unspecified atom stereocenters. The molecule has 10 heteroatoms. The van der Waals surface area contributed by atoms with Crippen LogP contribution in [0.5, 0.6) is 0 Å². The molecule has 1 aromatic rings. The molecular formula is C13H17F3N4O3. The first-order valence-electron chi connectivity index (χ1n) is 6.76. The Morgan fingerprint density at radius 3 is 2.52 bits per heavy atom. The minimum absolute atomic E-state index is 0.0347. The number of hydrogen-bond acceptors (Lipinski definition) is 5. The van der Waals surface area contributed by atoms with Crippen LogP contribution in [0.15, 0.2) is 18.2 Å². The van der Waals surface area contributed by atoms with Gasteiger partial charge in [0, 0.05) is 32.1 Å². The Hall–Kier alpha value is -2.36. The number of nitro groups is 1. The fraction of sp³-hybridized carbons (Fsp3) is 0.462. The summed E-state index contributed by atoms with van der Waals surface area (Å²) < 4.78 is 37.7. The van der Waals surface area contributed by atoms with Crippen LogP contribution in [0.2, 0.25) is 0 Å². The summed E-state index contributed by atoms with van der Waals surface area (Å²) in [5, 5.41) is 18.9. The summed E-state index contributed by atoms with van der Waals surface area (Å²) in [6.07, 6.45) is -4.36. The van der Waals surface area contributed by atoms with Crippen LogP contribution < -0.4 is 16.0 Å². The molecule has 23 heavy (non-hydrogen) atoms. The first-order chi connectivity index (χ1) is 10.8. The number of nitrogens with one attached hydrogen (secondary N) is 3. The van der Waals surface area contributed by atoms with E-state index in [4.69, 9.17) is 0 Å². The fourth-order valence-electron chi connectivity index (χ4n) is 1.73. The third-order valence-electron chi connectivity index (χ3n) is 2.89. The van der Waals surface area contributed by atoms with Crippen molar-refractivity contribution in [1.82, 2.24) is 10.6 Å². The average Bonchev–Trinajstić information content (AvgIpc) is 2.48. The lowest BCUT2D eigenvalue weighted by atomic mass is 10.1. The summed E-state index contributed by atoms with van der Waals surface area (Å²) in [4.78, 5) is 21.3. The number of hydrogen-bond donors (Lipinski definition) is 3. The van der Waals surface area contributed by atoms with Gasteiger partial charge in [-0.15, -0.1) is 0 Å². The van der Waals surface area contributed by atoms with Crippen LogP contribution in [0.3, 0.4) is 0 Å². The summed E-state index contributed by atoms with van der Waals surface area (Å²) >= 11 is 0. The number of rotatable bonds is 8. The van der Waals surface area contributed by atoms with Gasteiger partial charge < -0.3 is 16.0 Å². The molecule has 0 bridgehead atoms. The van der Waals surface area contributed by atoms with Gasteiger partial charge in [-0.25, -0.2) is 0 Å². The molecule has 3 N–H and O–H groups in total. The topological polar surface area (TPSA) is 96.3 Å². The smallest absolute Gasteiger partial charge is 0.378 e. The minimum Gasteiger partial charge on any atom is -0.378 e. The molecule has 0 atom stereocenters. The molecule has 1 rings (SSSR count). The van der Waals surface area contributed by atoms with Gasteiger partial charge in [-0.3, -0.25) is 14.9 Å². The zero-order valence-electron chi connectivity index (χ0n) is 12.4. The van der Waals surface area contributed by atoms with Crippen LogP contribution in [0.4, 0.5) is 24.5 Å². The maximum absolute atomic E-state index is 12.6. The molecule has 0 heterocycles. The number of carbonyl (C=O) groups excluding carboxylic acids is 1. The van der Waals surface area contributed by atoms with Crippen molar-refractivity contribution >= 4 is 17.3 Å². The minimum atomic E-state index is -4.65. The first kappa shape index (κ1) is 18.7. The summed E-state index contributed by atoms with van der Waals surface area (Å²) in [5.41, 5.74) is -1.79. The lowest BCUT2D eigenvalue weighted by Crippen LogP contribution is -2.30. The highest BCUT2D eigenvalue weighted by Gasteiger charge is 2.32.